The molecule has 4 aromatic rings. The van der Waals surface area contributed by atoms with Crippen molar-refractivity contribution in [3.8, 4) is 10.6 Å². The molecule has 0 radical (unpaired) electrons. The van der Waals surface area contributed by atoms with E-state index in [1.54, 1.807) is 24.8 Å². The average Bonchev–Trinajstić information content (AvgIpc) is 3.54. The molecule has 1 fully saturated rings. The average molecular weight is 523 g/mol. The van der Waals surface area contributed by atoms with Gasteiger partial charge in [-0.25, -0.2) is 19.3 Å². The molecule has 1 unspecified atom stereocenters. The minimum absolute atomic E-state index is 0.00610. The quantitative estimate of drug-likeness (QED) is 0.336. The molecule has 5 rings (SSSR count). The molecule has 1 aliphatic heterocycles. The van der Waals surface area contributed by atoms with E-state index < -0.39 is 17.3 Å². The van der Waals surface area contributed by atoms with Gasteiger partial charge in [0.05, 0.1) is 36.1 Å². The second-order valence-electron chi connectivity index (χ2n) is 8.38. The molecule has 0 aliphatic carbocycles. The summed E-state index contributed by atoms with van der Waals surface area (Å²) < 4.78 is 21.5. The maximum absolute atomic E-state index is 14.1. The van der Waals surface area contributed by atoms with E-state index in [1.165, 1.54) is 40.6 Å². The number of hydrogen-bond acceptors (Lipinski definition) is 9. The van der Waals surface area contributed by atoms with Crippen molar-refractivity contribution < 1.29 is 18.7 Å². The molecule has 13 heteroatoms. The summed E-state index contributed by atoms with van der Waals surface area (Å²) in [6.45, 7) is 4.44. The third-order valence-electron chi connectivity index (χ3n) is 6.22. The lowest BCUT2D eigenvalue weighted by atomic mass is 9.91. The van der Waals surface area contributed by atoms with Crippen molar-refractivity contribution in [2.45, 2.75) is 18.5 Å². The molecule has 0 aromatic carbocycles. The van der Waals surface area contributed by atoms with Crippen molar-refractivity contribution in [3.63, 3.8) is 0 Å². The number of imidazole rings is 1. The van der Waals surface area contributed by atoms with Crippen molar-refractivity contribution in [1.29, 1.82) is 0 Å². The van der Waals surface area contributed by atoms with Crippen LogP contribution in [0.5, 0.6) is 0 Å². The molecule has 1 saturated heterocycles. The summed E-state index contributed by atoms with van der Waals surface area (Å²) in [5.74, 6) is -0.932. The Labute approximate surface area is 214 Å². The van der Waals surface area contributed by atoms with Crippen LogP contribution in [0.1, 0.15) is 6.42 Å². The Morgan fingerprint density at radius 1 is 1.30 bits per heavy atom. The standard InChI is InChI=1S/C24H23FN8O3S/c1-2-20(34)33-8-9-36-13-24(33,22(26)35)5-7-32-14-30-16-11-28-19(10-17(16)32)31-23-29-12-18(37-23)21-15(25)4-3-6-27-21/h2-4,6,10-12,14H,1,5,7-9,13H2,(H2,26,35)(H,28,29,31). The number of nitrogens with one attached hydrogen (secondary N) is 1. The fourth-order valence-electron chi connectivity index (χ4n) is 4.29. The molecule has 5 heterocycles. The Kier molecular flexibility index (Phi) is 6.63. The number of thiazole rings is 1. The van der Waals surface area contributed by atoms with Crippen LogP contribution in [0.3, 0.4) is 0 Å². The summed E-state index contributed by atoms with van der Waals surface area (Å²) >= 11 is 1.25. The van der Waals surface area contributed by atoms with Gasteiger partial charge in [0, 0.05) is 31.5 Å². The van der Waals surface area contributed by atoms with Gasteiger partial charge >= 0.3 is 0 Å². The number of nitrogens with two attached hydrogens (primary N) is 1. The Bertz CT molecular complexity index is 1490. The normalized spacial score (nSPS) is 17.6. The number of nitrogens with zero attached hydrogens (tertiary/aromatic N) is 6. The maximum Gasteiger partial charge on any atom is 0.247 e. The summed E-state index contributed by atoms with van der Waals surface area (Å²) in [6, 6.07) is 4.68. The van der Waals surface area contributed by atoms with Gasteiger partial charge in [-0.1, -0.05) is 17.9 Å². The van der Waals surface area contributed by atoms with Crippen LogP contribution in [0.15, 0.2) is 55.8 Å². The third kappa shape index (κ3) is 4.66. The number of aromatic nitrogens is 5. The van der Waals surface area contributed by atoms with Gasteiger partial charge in [-0.3, -0.25) is 14.6 Å². The van der Waals surface area contributed by atoms with Gasteiger partial charge in [0.15, 0.2) is 5.13 Å². The molecule has 0 saturated carbocycles. The SMILES string of the molecule is C=CC(=O)N1CCOCC1(CCn1cnc2cnc(Nc3ncc(-c4ncccc4F)s3)cc21)C(N)=O. The molecule has 0 spiro atoms. The predicted molar refractivity (Wildman–Crippen MR) is 135 cm³/mol. The zero-order valence-corrected chi connectivity index (χ0v) is 20.4. The van der Waals surface area contributed by atoms with Gasteiger partial charge in [-0.15, -0.1) is 0 Å². The molecule has 0 bridgehead atoms. The van der Waals surface area contributed by atoms with Gasteiger partial charge in [0.1, 0.15) is 28.4 Å². The first-order valence-electron chi connectivity index (χ1n) is 11.4. The van der Waals surface area contributed by atoms with Crippen molar-refractivity contribution >= 4 is 45.1 Å². The number of ether oxygens (including phenoxy) is 1. The second kappa shape index (κ2) is 10.0. The van der Waals surface area contributed by atoms with Crippen LogP contribution >= 0.6 is 11.3 Å². The number of morpholine rings is 1. The van der Waals surface area contributed by atoms with Crippen LogP contribution in [0, 0.1) is 5.82 Å². The summed E-state index contributed by atoms with van der Waals surface area (Å²) in [6.07, 6.45) is 7.72. The maximum atomic E-state index is 14.1. The first kappa shape index (κ1) is 24.5. The lowest BCUT2D eigenvalue weighted by Gasteiger charge is -2.44. The van der Waals surface area contributed by atoms with Crippen LogP contribution in [0.4, 0.5) is 15.3 Å². The molecule has 1 atom stereocenters. The van der Waals surface area contributed by atoms with Crippen LogP contribution in [0.25, 0.3) is 21.6 Å². The Hall–Kier alpha value is -4.23. The monoisotopic (exact) mass is 522 g/mol. The topological polar surface area (TPSA) is 141 Å². The molecule has 37 heavy (non-hydrogen) atoms. The second-order valence-corrected chi connectivity index (χ2v) is 9.41. The van der Waals surface area contributed by atoms with Crippen LogP contribution < -0.4 is 11.1 Å². The van der Waals surface area contributed by atoms with E-state index in [2.05, 4.69) is 31.8 Å². The van der Waals surface area contributed by atoms with Crippen molar-refractivity contribution in [2.75, 3.05) is 25.1 Å². The lowest BCUT2D eigenvalue weighted by molar-refractivity contribution is -0.157. The highest BCUT2D eigenvalue weighted by atomic mass is 32.1. The number of primary amides is 1. The van der Waals surface area contributed by atoms with Gasteiger partial charge in [-0.05, 0) is 24.6 Å². The number of fused-ring (bicyclic) bond motifs is 1. The van der Waals surface area contributed by atoms with E-state index in [-0.39, 0.29) is 31.2 Å². The van der Waals surface area contributed by atoms with Gasteiger partial charge in [-0.2, -0.15) is 0 Å². The summed E-state index contributed by atoms with van der Waals surface area (Å²) in [5, 5.41) is 3.65. The number of pyridine rings is 2. The Morgan fingerprint density at radius 3 is 2.95 bits per heavy atom. The first-order chi connectivity index (χ1) is 17.9. The largest absolute Gasteiger partial charge is 0.377 e. The van der Waals surface area contributed by atoms with Gasteiger partial charge < -0.3 is 25.3 Å². The smallest absolute Gasteiger partial charge is 0.247 e. The van der Waals surface area contributed by atoms with E-state index in [0.717, 1.165) is 5.52 Å². The molecular weight excluding hydrogens is 499 g/mol. The molecule has 11 nitrogen and oxygen atoms in total. The zero-order chi connectivity index (χ0) is 26.0. The van der Waals surface area contributed by atoms with Crippen molar-refractivity contribution in [2.24, 2.45) is 5.73 Å². The van der Waals surface area contributed by atoms with Crippen LogP contribution in [-0.2, 0) is 20.9 Å². The fraction of sp³-hybridized carbons (Fsp3) is 0.250. The Morgan fingerprint density at radius 2 is 2.16 bits per heavy atom. The lowest BCUT2D eigenvalue weighted by Crippen LogP contribution is -2.65. The van der Waals surface area contributed by atoms with Gasteiger partial charge in [0.25, 0.3) is 0 Å². The Balaban J connectivity index is 1.37. The predicted octanol–water partition coefficient (Wildman–Crippen LogP) is 2.49. The zero-order valence-electron chi connectivity index (χ0n) is 19.6. The minimum atomic E-state index is -1.30. The number of rotatable bonds is 8. The number of hydrogen-bond donors (Lipinski definition) is 2. The highest BCUT2D eigenvalue weighted by molar-refractivity contribution is 7.18. The molecule has 1 aliphatic rings. The summed E-state index contributed by atoms with van der Waals surface area (Å²) in [7, 11) is 0. The number of aryl methyl sites for hydroxylation is 1. The highest BCUT2D eigenvalue weighted by Gasteiger charge is 2.46. The van der Waals surface area contributed by atoms with Crippen molar-refractivity contribution in [1.82, 2.24) is 29.4 Å². The number of halogens is 1. The van der Waals surface area contributed by atoms with Crippen LogP contribution in [-0.4, -0.2) is 66.5 Å². The van der Waals surface area contributed by atoms with Crippen molar-refractivity contribution in [3.05, 3.63) is 61.6 Å². The van der Waals surface area contributed by atoms with E-state index >= 15 is 0 Å². The highest BCUT2D eigenvalue weighted by Crippen LogP contribution is 2.31. The first-order valence-corrected chi connectivity index (χ1v) is 12.2. The number of amides is 2. The molecule has 190 valence electrons. The van der Waals surface area contributed by atoms with E-state index in [4.69, 9.17) is 10.5 Å². The number of anilines is 2. The summed E-state index contributed by atoms with van der Waals surface area (Å²) in [4.78, 5) is 44.2. The van der Waals surface area contributed by atoms with Gasteiger partial charge in [0.2, 0.25) is 11.8 Å². The van der Waals surface area contributed by atoms with E-state index in [9.17, 15) is 14.0 Å². The fourth-order valence-corrected chi connectivity index (χ4v) is 5.11. The molecule has 4 aromatic heterocycles. The minimum Gasteiger partial charge on any atom is -0.377 e. The van der Waals surface area contributed by atoms with E-state index in [1.807, 2.05) is 4.57 Å². The molecule has 3 N–H and O–H groups in total. The number of carbonyl (C=O) groups is 2. The number of carbonyl (C=O) groups excluding carboxylic acids is 2. The summed E-state index contributed by atoms with van der Waals surface area (Å²) in [5.41, 5.74) is 6.10. The third-order valence-corrected chi connectivity index (χ3v) is 7.14. The van der Waals surface area contributed by atoms with Crippen LogP contribution in [0.2, 0.25) is 0 Å². The molecular formula is C24H23FN8O3S. The van der Waals surface area contributed by atoms with E-state index in [0.29, 0.717) is 34.5 Å². The molecule has 2 amide bonds.